The van der Waals surface area contributed by atoms with Gasteiger partial charge in [0.2, 0.25) is 0 Å². The molecule has 9 heteroatoms. The van der Waals surface area contributed by atoms with Gasteiger partial charge >= 0.3 is 0 Å². The zero-order chi connectivity index (χ0) is 26.5. The van der Waals surface area contributed by atoms with E-state index in [0.29, 0.717) is 22.7 Å². The average molecular weight is 520 g/mol. The molecular weight excluding hydrogens is 496 g/mol. The van der Waals surface area contributed by atoms with Crippen LogP contribution in [0.4, 0.5) is 8.78 Å². The summed E-state index contributed by atoms with van der Waals surface area (Å²) >= 11 is 0. The van der Waals surface area contributed by atoms with Crippen LogP contribution in [-0.4, -0.2) is 29.2 Å². The molecule has 0 N–H and O–H groups in total. The van der Waals surface area contributed by atoms with Gasteiger partial charge in [0.15, 0.2) is 21.5 Å². The van der Waals surface area contributed by atoms with E-state index in [0.717, 1.165) is 35.1 Å². The Kier molecular flexibility index (Phi) is 6.03. The van der Waals surface area contributed by atoms with Crippen LogP contribution in [0.25, 0.3) is 39.4 Å². The molecule has 5 aromatic rings. The molecule has 188 valence electrons. The maximum atomic E-state index is 14.1. The summed E-state index contributed by atoms with van der Waals surface area (Å²) in [4.78, 5) is 9.29. The molecule has 3 aromatic carbocycles. The number of hydrogen-bond donors (Lipinski definition) is 0. The van der Waals surface area contributed by atoms with E-state index in [1.54, 1.807) is 25.1 Å². The smallest absolute Gasteiger partial charge is 0.192 e. The van der Waals surface area contributed by atoms with Crippen molar-refractivity contribution in [2.24, 2.45) is 0 Å². The molecule has 0 aliphatic rings. The van der Waals surface area contributed by atoms with Gasteiger partial charge < -0.3 is 8.98 Å². The molecule has 0 saturated carbocycles. The largest absolute Gasteiger partial charge is 0.440 e. The van der Waals surface area contributed by atoms with Crippen LogP contribution in [0.1, 0.15) is 17.4 Å². The molecule has 0 amide bonds. The first-order valence-corrected chi connectivity index (χ1v) is 13.3. The van der Waals surface area contributed by atoms with Crippen LogP contribution >= 0.6 is 0 Å². The first kappa shape index (κ1) is 24.6. The molecule has 5 rings (SSSR count). The Labute approximate surface area is 213 Å². The maximum Gasteiger partial charge on any atom is 0.192 e. The van der Waals surface area contributed by atoms with Crippen LogP contribution < -0.4 is 0 Å². The number of sulfone groups is 1. The van der Waals surface area contributed by atoms with E-state index in [2.05, 4.69) is 9.97 Å². The SMILES string of the molecule is Cc1cn(-c2ccc(-c3cccc(S(C)(=O)=O)c3)cc2-c2nc(C)oc2-c2cc(F)cc(F)c2)c(C)n1. The summed E-state index contributed by atoms with van der Waals surface area (Å²) < 4.78 is 60.3. The second-order valence-corrected chi connectivity index (χ2v) is 10.9. The van der Waals surface area contributed by atoms with Crippen LogP contribution in [-0.2, 0) is 9.84 Å². The van der Waals surface area contributed by atoms with E-state index in [1.807, 2.05) is 48.9 Å². The highest BCUT2D eigenvalue weighted by Gasteiger charge is 2.22. The highest BCUT2D eigenvalue weighted by atomic mass is 32.2. The second kappa shape index (κ2) is 9.08. The fourth-order valence-corrected chi connectivity index (χ4v) is 5.04. The highest BCUT2D eigenvalue weighted by molar-refractivity contribution is 7.90. The third-order valence-electron chi connectivity index (χ3n) is 5.97. The van der Waals surface area contributed by atoms with Crippen molar-refractivity contribution >= 4 is 9.84 Å². The topological polar surface area (TPSA) is 78.0 Å². The summed E-state index contributed by atoms with van der Waals surface area (Å²) in [6.45, 7) is 5.42. The van der Waals surface area contributed by atoms with E-state index >= 15 is 0 Å². The molecule has 0 unspecified atom stereocenters. The number of hydrogen-bond acceptors (Lipinski definition) is 5. The van der Waals surface area contributed by atoms with Gasteiger partial charge in [0.25, 0.3) is 0 Å². The first-order chi connectivity index (χ1) is 17.5. The summed E-state index contributed by atoms with van der Waals surface area (Å²) in [5, 5.41) is 0. The lowest BCUT2D eigenvalue weighted by atomic mass is 9.98. The third-order valence-corrected chi connectivity index (χ3v) is 7.08. The van der Waals surface area contributed by atoms with Crippen molar-refractivity contribution in [3.05, 3.63) is 95.9 Å². The van der Waals surface area contributed by atoms with Crippen LogP contribution in [0.15, 0.2) is 76.2 Å². The molecule has 0 saturated heterocycles. The number of aryl methyl sites for hydroxylation is 3. The van der Waals surface area contributed by atoms with E-state index in [9.17, 15) is 17.2 Å². The Morgan fingerprint density at radius 2 is 1.54 bits per heavy atom. The zero-order valence-electron chi connectivity index (χ0n) is 20.6. The van der Waals surface area contributed by atoms with Gasteiger partial charge in [-0.1, -0.05) is 18.2 Å². The van der Waals surface area contributed by atoms with Crippen LogP contribution in [0.3, 0.4) is 0 Å². The molecule has 0 aliphatic carbocycles. The number of oxazole rings is 1. The van der Waals surface area contributed by atoms with Gasteiger partial charge in [0.1, 0.15) is 23.2 Å². The monoisotopic (exact) mass is 519 g/mol. The van der Waals surface area contributed by atoms with E-state index < -0.39 is 21.5 Å². The number of imidazole rings is 1. The summed E-state index contributed by atoms with van der Waals surface area (Å²) in [6, 6.07) is 15.5. The minimum absolute atomic E-state index is 0.199. The summed E-state index contributed by atoms with van der Waals surface area (Å²) in [6.07, 6.45) is 3.04. The van der Waals surface area contributed by atoms with Crippen molar-refractivity contribution in [3.63, 3.8) is 0 Å². The standard InChI is InChI=1S/C28H23F2N3O3S/c1-16-15-33(17(2)31-16)26-9-8-20(19-6-5-7-24(12-19)37(4,34)35)13-25(26)27-28(36-18(3)32-27)21-10-22(29)14-23(30)11-21/h5-15H,1-4H3. The van der Waals surface area contributed by atoms with Crippen LogP contribution in [0.5, 0.6) is 0 Å². The van der Waals surface area contributed by atoms with Gasteiger partial charge in [-0.05, 0) is 61.4 Å². The molecule has 0 bridgehead atoms. The van der Waals surface area contributed by atoms with Crippen LogP contribution in [0, 0.1) is 32.4 Å². The molecule has 0 atom stereocenters. The number of benzene rings is 3. The zero-order valence-corrected chi connectivity index (χ0v) is 21.4. The van der Waals surface area contributed by atoms with Crippen molar-refractivity contribution in [3.8, 4) is 39.4 Å². The van der Waals surface area contributed by atoms with Crippen molar-refractivity contribution < 1.29 is 21.6 Å². The normalized spacial score (nSPS) is 11.7. The Bertz CT molecular complexity index is 1750. The quantitative estimate of drug-likeness (QED) is 0.266. The van der Waals surface area contributed by atoms with Gasteiger partial charge in [-0.25, -0.2) is 27.2 Å². The summed E-state index contributed by atoms with van der Waals surface area (Å²) in [7, 11) is -3.41. The molecular formula is C28H23F2N3O3S. The summed E-state index contributed by atoms with van der Waals surface area (Å²) in [5.41, 5.74) is 4.19. The fourth-order valence-electron chi connectivity index (χ4n) is 4.37. The second-order valence-electron chi connectivity index (χ2n) is 8.90. The Hall–Kier alpha value is -4.11. The van der Waals surface area contributed by atoms with E-state index in [-0.39, 0.29) is 16.2 Å². The fraction of sp³-hybridized carbons (Fsp3) is 0.143. The van der Waals surface area contributed by atoms with Gasteiger partial charge in [-0.15, -0.1) is 0 Å². The van der Waals surface area contributed by atoms with E-state index in [1.165, 1.54) is 12.1 Å². The molecule has 2 heterocycles. The van der Waals surface area contributed by atoms with Gasteiger partial charge in [0.05, 0.1) is 16.3 Å². The number of nitrogens with zero attached hydrogens (tertiary/aromatic N) is 3. The van der Waals surface area contributed by atoms with Gasteiger partial charge in [-0.2, -0.15) is 0 Å². The predicted molar refractivity (Wildman–Crippen MR) is 137 cm³/mol. The Morgan fingerprint density at radius 1 is 0.838 bits per heavy atom. The number of halogens is 2. The lowest BCUT2D eigenvalue weighted by Gasteiger charge is -2.14. The van der Waals surface area contributed by atoms with Crippen molar-refractivity contribution in [1.82, 2.24) is 14.5 Å². The first-order valence-electron chi connectivity index (χ1n) is 11.4. The van der Waals surface area contributed by atoms with Crippen molar-refractivity contribution in [2.75, 3.05) is 6.26 Å². The molecule has 0 fully saturated rings. The van der Waals surface area contributed by atoms with E-state index in [4.69, 9.17) is 4.42 Å². The average Bonchev–Trinajstić information content (AvgIpc) is 3.38. The molecule has 0 radical (unpaired) electrons. The molecule has 6 nitrogen and oxygen atoms in total. The number of aromatic nitrogens is 3. The van der Waals surface area contributed by atoms with Crippen molar-refractivity contribution in [1.29, 1.82) is 0 Å². The Balaban J connectivity index is 1.78. The number of rotatable bonds is 5. The van der Waals surface area contributed by atoms with Crippen LogP contribution in [0.2, 0.25) is 0 Å². The maximum absolute atomic E-state index is 14.1. The molecule has 0 aliphatic heterocycles. The van der Waals surface area contributed by atoms with Gasteiger partial charge in [0, 0.05) is 36.6 Å². The van der Waals surface area contributed by atoms with Gasteiger partial charge in [-0.3, -0.25) is 0 Å². The Morgan fingerprint density at radius 3 is 2.19 bits per heavy atom. The molecule has 2 aromatic heterocycles. The summed E-state index contributed by atoms with van der Waals surface area (Å²) in [5.74, 6) is -0.188. The lowest BCUT2D eigenvalue weighted by Crippen LogP contribution is -2.00. The minimum atomic E-state index is -3.41. The minimum Gasteiger partial charge on any atom is -0.440 e. The molecule has 37 heavy (non-hydrogen) atoms. The highest BCUT2D eigenvalue weighted by Crippen LogP contribution is 2.39. The predicted octanol–water partition coefficient (Wildman–Crippen LogP) is 6.47. The lowest BCUT2D eigenvalue weighted by molar-refractivity contribution is 0.531. The molecule has 0 spiro atoms. The third kappa shape index (κ3) is 4.82. The van der Waals surface area contributed by atoms with Crippen molar-refractivity contribution in [2.45, 2.75) is 25.7 Å².